The summed E-state index contributed by atoms with van der Waals surface area (Å²) >= 11 is 0. The molecule has 6 nitrogen and oxygen atoms in total. The standard InChI is InChI=1S/C28H41N5O/c1-19(2)17-32(18-20(3)4)27(34)23-10-13-25-26(16-23)33(15-7-14-29)28(31-25)30-24-11-8-22(9-12-24)21(5)6/h8-13,16,19-21H,7,14-15,17-18,29H2,1-6H3,(H,30,31). The Bertz CT molecular complexity index is 1070. The topological polar surface area (TPSA) is 76.2 Å². The van der Waals surface area contributed by atoms with E-state index in [2.05, 4.69) is 75.7 Å². The Kier molecular flexibility index (Phi) is 8.72. The van der Waals surface area contributed by atoms with Gasteiger partial charge < -0.3 is 20.5 Å². The van der Waals surface area contributed by atoms with Crippen LogP contribution in [0.4, 0.5) is 11.6 Å². The molecule has 3 N–H and O–H groups in total. The van der Waals surface area contributed by atoms with E-state index in [-0.39, 0.29) is 5.91 Å². The van der Waals surface area contributed by atoms with E-state index in [0.717, 1.165) is 48.7 Å². The molecule has 2 aromatic carbocycles. The van der Waals surface area contributed by atoms with Gasteiger partial charge in [-0.25, -0.2) is 4.98 Å². The molecule has 6 heteroatoms. The molecule has 0 atom stereocenters. The van der Waals surface area contributed by atoms with Crippen LogP contribution in [0.1, 0.15) is 69.8 Å². The minimum Gasteiger partial charge on any atom is -0.338 e. The Balaban J connectivity index is 1.96. The first-order chi connectivity index (χ1) is 16.2. The molecule has 0 saturated heterocycles. The minimum absolute atomic E-state index is 0.0784. The van der Waals surface area contributed by atoms with Crippen LogP contribution in [0.15, 0.2) is 42.5 Å². The van der Waals surface area contributed by atoms with Gasteiger partial charge >= 0.3 is 0 Å². The number of aryl methyl sites for hydroxylation is 1. The number of carbonyl (C=O) groups excluding carboxylic acids is 1. The Morgan fingerprint density at radius 3 is 2.21 bits per heavy atom. The lowest BCUT2D eigenvalue weighted by atomic mass is 10.0. The van der Waals surface area contributed by atoms with Crippen LogP contribution < -0.4 is 11.1 Å². The number of rotatable bonds is 11. The normalized spacial score (nSPS) is 11.7. The molecule has 1 heterocycles. The molecule has 0 aliphatic heterocycles. The Labute approximate surface area is 204 Å². The van der Waals surface area contributed by atoms with E-state index in [1.807, 2.05) is 23.1 Å². The summed E-state index contributed by atoms with van der Waals surface area (Å²) in [6.45, 7) is 15.8. The number of aromatic nitrogens is 2. The van der Waals surface area contributed by atoms with Crippen LogP contribution in [0.25, 0.3) is 11.0 Å². The smallest absolute Gasteiger partial charge is 0.253 e. The van der Waals surface area contributed by atoms with Crippen LogP contribution >= 0.6 is 0 Å². The summed E-state index contributed by atoms with van der Waals surface area (Å²) in [5.74, 6) is 2.17. The molecule has 0 saturated carbocycles. The van der Waals surface area contributed by atoms with Crippen molar-refractivity contribution in [1.29, 1.82) is 0 Å². The number of carbonyl (C=O) groups is 1. The van der Waals surface area contributed by atoms with Crippen LogP contribution in [0.5, 0.6) is 0 Å². The van der Waals surface area contributed by atoms with Crippen molar-refractivity contribution < 1.29 is 4.79 Å². The first kappa shape index (κ1) is 25.8. The minimum atomic E-state index is 0.0784. The molecule has 0 bridgehead atoms. The summed E-state index contributed by atoms with van der Waals surface area (Å²) in [5, 5.41) is 3.48. The van der Waals surface area contributed by atoms with Gasteiger partial charge in [0.1, 0.15) is 0 Å². The maximum Gasteiger partial charge on any atom is 0.253 e. The fourth-order valence-corrected chi connectivity index (χ4v) is 4.21. The van der Waals surface area contributed by atoms with E-state index >= 15 is 0 Å². The summed E-state index contributed by atoms with van der Waals surface area (Å²) in [5.41, 5.74) is 10.7. The van der Waals surface area contributed by atoms with Crippen molar-refractivity contribution in [3.63, 3.8) is 0 Å². The van der Waals surface area contributed by atoms with Gasteiger partial charge in [0.05, 0.1) is 11.0 Å². The maximum absolute atomic E-state index is 13.4. The Morgan fingerprint density at radius 1 is 1.00 bits per heavy atom. The second kappa shape index (κ2) is 11.5. The zero-order valence-electron chi connectivity index (χ0n) is 21.6. The zero-order chi connectivity index (χ0) is 24.8. The molecule has 0 radical (unpaired) electrons. The van der Waals surface area contributed by atoms with Gasteiger partial charge in [-0.15, -0.1) is 0 Å². The van der Waals surface area contributed by atoms with Crippen molar-refractivity contribution in [2.75, 3.05) is 25.0 Å². The molecule has 0 aliphatic rings. The number of amides is 1. The van der Waals surface area contributed by atoms with Crippen molar-refractivity contribution in [2.24, 2.45) is 17.6 Å². The van der Waals surface area contributed by atoms with Crippen LogP contribution in [0.2, 0.25) is 0 Å². The van der Waals surface area contributed by atoms with Crippen molar-refractivity contribution >= 4 is 28.6 Å². The molecule has 184 valence electrons. The molecular weight excluding hydrogens is 422 g/mol. The summed E-state index contributed by atoms with van der Waals surface area (Å²) in [6, 6.07) is 14.3. The average molecular weight is 464 g/mol. The van der Waals surface area contributed by atoms with E-state index in [9.17, 15) is 4.79 Å². The third kappa shape index (κ3) is 6.38. The van der Waals surface area contributed by atoms with E-state index in [1.165, 1.54) is 5.56 Å². The zero-order valence-corrected chi connectivity index (χ0v) is 21.6. The van der Waals surface area contributed by atoms with Crippen molar-refractivity contribution in [1.82, 2.24) is 14.5 Å². The number of nitrogens with two attached hydrogens (primary N) is 1. The largest absolute Gasteiger partial charge is 0.338 e. The van der Waals surface area contributed by atoms with Gasteiger partial charge in [0.2, 0.25) is 5.95 Å². The number of imidazole rings is 1. The number of anilines is 2. The number of nitrogens with one attached hydrogen (secondary N) is 1. The maximum atomic E-state index is 13.4. The first-order valence-electron chi connectivity index (χ1n) is 12.6. The van der Waals surface area contributed by atoms with E-state index < -0.39 is 0 Å². The van der Waals surface area contributed by atoms with Gasteiger partial charge in [-0.2, -0.15) is 0 Å². The number of hydrogen-bond donors (Lipinski definition) is 2. The molecule has 0 spiro atoms. The fourth-order valence-electron chi connectivity index (χ4n) is 4.21. The lowest BCUT2D eigenvalue weighted by molar-refractivity contribution is 0.0715. The molecule has 34 heavy (non-hydrogen) atoms. The van der Waals surface area contributed by atoms with Gasteiger partial charge in [0, 0.05) is 30.9 Å². The average Bonchev–Trinajstić information content (AvgIpc) is 3.12. The highest BCUT2D eigenvalue weighted by Gasteiger charge is 2.20. The highest BCUT2D eigenvalue weighted by atomic mass is 16.2. The summed E-state index contributed by atoms with van der Waals surface area (Å²) in [4.78, 5) is 20.3. The number of nitrogens with zero attached hydrogens (tertiary/aromatic N) is 3. The lowest BCUT2D eigenvalue weighted by Crippen LogP contribution is -2.37. The van der Waals surface area contributed by atoms with Crippen molar-refractivity contribution in [3.05, 3.63) is 53.6 Å². The summed E-state index contributed by atoms with van der Waals surface area (Å²) in [6.07, 6.45) is 0.831. The third-order valence-electron chi connectivity index (χ3n) is 5.87. The van der Waals surface area contributed by atoms with Crippen molar-refractivity contribution in [3.8, 4) is 0 Å². The number of benzene rings is 2. The molecule has 3 rings (SSSR count). The van der Waals surface area contributed by atoms with Crippen LogP contribution in [0, 0.1) is 11.8 Å². The molecular formula is C28H41N5O. The monoisotopic (exact) mass is 463 g/mol. The van der Waals surface area contributed by atoms with Crippen LogP contribution in [-0.2, 0) is 6.54 Å². The third-order valence-corrected chi connectivity index (χ3v) is 5.87. The second-order valence-corrected chi connectivity index (χ2v) is 10.3. The Hall–Kier alpha value is -2.86. The van der Waals surface area contributed by atoms with E-state index in [4.69, 9.17) is 10.7 Å². The lowest BCUT2D eigenvalue weighted by Gasteiger charge is -2.26. The van der Waals surface area contributed by atoms with Gasteiger partial charge in [0.25, 0.3) is 5.91 Å². The second-order valence-electron chi connectivity index (χ2n) is 10.3. The Morgan fingerprint density at radius 2 is 1.65 bits per heavy atom. The summed E-state index contributed by atoms with van der Waals surface area (Å²) in [7, 11) is 0. The molecule has 1 aromatic heterocycles. The van der Waals surface area contributed by atoms with Crippen molar-refractivity contribution in [2.45, 2.75) is 60.4 Å². The highest BCUT2D eigenvalue weighted by molar-refractivity contribution is 5.98. The molecule has 3 aromatic rings. The molecule has 0 fully saturated rings. The first-order valence-corrected chi connectivity index (χ1v) is 12.6. The van der Waals surface area contributed by atoms with E-state index in [0.29, 0.717) is 29.9 Å². The van der Waals surface area contributed by atoms with Crippen LogP contribution in [-0.4, -0.2) is 40.0 Å². The molecule has 0 unspecified atom stereocenters. The summed E-state index contributed by atoms with van der Waals surface area (Å²) < 4.78 is 2.14. The van der Waals surface area contributed by atoms with Gasteiger partial charge in [-0.3, -0.25) is 4.79 Å². The highest BCUT2D eigenvalue weighted by Crippen LogP contribution is 2.26. The van der Waals surface area contributed by atoms with Crippen LogP contribution in [0.3, 0.4) is 0 Å². The number of hydrogen-bond acceptors (Lipinski definition) is 4. The van der Waals surface area contributed by atoms with E-state index in [1.54, 1.807) is 0 Å². The predicted molar refractivity (Wildman–Crippen MR) is 143 cm³/mol. The van der Waals surface area contributed by atoms with Gasteiger partial charge in [-0.05, 0) is 66.6 Å². The molecule has 0 aliphatic carbocycles. The predicted octanol–water partition coefficient (Wildman–Crippen LogP) is 6.01. The van der Waals surface area contributed by atoms with Gasteiger partial charge in [0.15, 0.2) is 0 Å². The van der Waals surface area contributed by atoms with Gasteiger partial charge in [-0.1, -0.05) is 53.7 Å². The quantitative estimate of drug-likeness (QED) is 0.365. The SMILES string of the molecule is CC(C)CN(CC(C)C)C(=O)c1ccc2nc(Nc3ccc(C(C)C)cc3)n(CCCN)c2c1. The fraction of sp³-hybridized carbons (Fsp3) is 0.500. The number of fused-ring (bicyclic) bond motifs is 1. The molecule has 1 amide bonds.